The molecule has 0 aliphatic heterocycles. The van der Waals surface area contributed by atoms with Crippen LogP contribution in [-0.2, 0) is 6.18 Å². The number of carbonyl (C=O) groups is 1. The Kier molecular flexibility index (Phi) is 3.15. The fraction of sp³-hybridized carbons (Fsp3) is 0.533. The van der Waals surface area contributed by atoms with Gasteiger partial charge >= 0.3 is 12.1 Å². The number of hydrogen-bond donors (Lipinski definition) is 2. The molecule has 0 aromatic heterocycles. The second-order valence-corrected chi connectivity index (χ2v) is 6.05. The summed E-state index contributed by atoms with van der Waals surface area (Å²) in [5.41, 5.74) is -1.08. The molecule has 2 fully saturated rings. The highest BCUT2D eigenvalue weighted by Gasteiger charge is 2.53. The molecule has 2 aliphatic carbocycles. The summed E-state index contributed by atoms with van der Waals surface area (Å²) in [5, 5.41) is 12.1. The average Bonchev–Trinajstić information content (AvgIpc) is 3.25. The van der Waals surface area contributed by atoms with E-state index in [2.05, 4.69) is 5.32 Å². The minimum atomic E-state index is -4.65. The first kappa shape index (κ1) is 14.2. The zero-order valence-corrected chi connectivity index (χ0v) is 11.3. The number of rotatable bonds is 5. The molecule has 0 heterocycles. The highest BCUT2D eigenvalue weighted by atomic mass is 19.4. The SMILES string of the molecule is O=C(O)c1cc(NCC2(C3CC3)CC2)ccc1C(F)(F)F. The van der Waals surface area contributed by atoms with Crippen molar-refractivity contribution in [2.24, 2.45) is 11.3 Å². The molecule has 1 aromatic rings. The lowest BCUT2D eigenvalue weighted by molar-refractivity contribution is -0.138. The van der Waals surface area contributed by atoms with Gasteiger partial charge in [0.25, 0.3) is 0 Å². The van der Waals surface area contributed by atoms with Gasteiger partial charge in [-0.3, -0.25) is 0 Å². The maximum Gasteiger partial charge on any atom is 0.417 e. The van der Waals surface area contributed by atoms with Crippen LogP contribution in [0.4, 0.5) is 18.9 Å². The smallest absolute Gasteiger partial charge is 0.417 e. The lowest BCUT2D eigenvalue weighted by Crippen LogP contribution is -2.18. The highest BCUT2D eigenvalue weighted by molar-refractivity contribution is 5.91. The topological polar surface area (TPSA) is 49.3 Å². The van der Waals surface area contributed by atoms with E-state index in [0.717, 1.165) is 30.9 Å². The van der Waals surface area contributed by atoms with E-state index < -0.39 is 23.3 Å². The maximum absolute atomic E-state index is 12.8. The summed E-state index contributed by atoms with van der Waals surface area (Å²) in [4.78, 5) is 11.0. The third-order valence-electron chi connectivity index (χ3n) is 4.54. The van der Waals surface area contributed by atoms with Gasteiger partial charge in [0.1, 0.15) is 0 Å². The Morgan fingerprint density at radius 1 is 1.33 bits per heavy atom. The number of benzene rings is 1. The van der Waals surface area contributed by atoms with Crippen molar-refractivity contribution in [1.82, 2.24) is 0 Å². The van der Waals surface area contributed by atoms with Crippen LogP contribution < -0.4 is 5.32 Å². The first-order valence-electron chi connectivity index (χ1n) is 7.00. The van der Waals surface area contributed by atoms with E-state index in [1.807, 2.05) is 0 Å². The first-order chi connectivity index (χ1) is 9.82. The number of alkyl halides is 3. The van der Waals surface area contributed by atoms with Gasteiger partial charge in [-0.2, -0.15) is 13.2 Å². The fourth-order valence-corrected chi connectivity index (χ4v) is 2.94. The van der Waals surface area contributed by atoms with Crippen LogP contribution in [0.15, 0.2) is 18.2 Å². The lowest BCUT2D eigenvalue weighted by Gasteiger charge is -2.17. The van der Waals surface area contributed by atoms with Gasteiger partial charge < -0.3 is 10.4 Å². The van der Waals surface area contributed by atoms with Crippen molar-refractivity contribution in [2.45, 2.75) is 31.9 Å². The number of hydrogen-bond acceptors (Lipinski definition) is 2. The van der Waals surface area contributed by atoms with E-state index in [9.17, 15) is 18.0 Å². The second kappa shape index (κ2) is 4.64. The molecule has 3 rings (SSSR count). The summed E-state index contributed by atoms with van der Waals surface area (Å²) in [6.07, 6.45) is 0.107. The monoisotopic (exact) mass is 299 g/mol. The summed E-state index contributed by atoms with van der Waals surface area (Å²) in [7, 11) is 0. The molecule has 1 aromatic carbocycles. The number of aromatic carboxylic acids is 1. The van der Waals surface area contributed by atoms with Crippen molar-refractivity contribution in [2.75, 3.05) is 11.9 Å². The largest absolute Gasteiger partial charge is 0.478 e. The molecular formula is C15H16F3NO2. The van der Waals surface area contributed by atoms with E-state index in [0.29, 0.717) is 17.6 Å². The van der Waals surface area contributed by atoms with Gasteiger partial charge in [0.2, 0.25) is 0 Å². The molecule has 0 spiro atoms. The van der Waals surface area contributed by atoms with Gasteiger partial charge in [-0.15, -0.1) is 0 Å². The molecule has 2 aliphatic rings. The summed E-state index contributed by atoms with van der Waals surface area (Å²) in [5.74, 6) is -0.826. The number of nitrogens with one attached hydrogen (secondary N) is 1. The van der Waals surface area contributed by atoms with Crippen molar-refractivity contribution >= 4 is 11.7 Å². The lowest BCUT2D eigenvalue weighted by atomic mass is 10.0. The van der Waals surface area contributed by atoms with Crippen LogP contribution in [0.25, 0.3) is 0 Å². The Morgan fingerprint density at radius 2 is 2.00 bits per heavy atom. The molecule has 0 bridgehead atoms. The van der Waals surface area contributed by atoms with Gasteiger partial charge in [-0.25, -0.2) is 4.79 Å². The molecule has 0 radical (unpaired) electrons. The van der Waals surface area contributed by atoms with E-state index in [1.165, 1.54) is 18.9 Å². The van der Waals surface area contributed by atoms with Crippen LogP contribution in [0.3, 0.4) is 0 Å². The molecule has 2 saturated carbocycles. The molecule has 0 unspecified atom stereocenters. The van der Waals surface area contributed by atoms with Gasteiger partial charge in [-0.05, 0) is 55.2 Å². The van der Waals surface area contributed by atoms with Crippen LogP contribution in [0, 0.1) is 11.3 Å². The van der Waals surface area contributed by atoms with E-state index >= 15 is 0 Å². The van der Waals surface area contributed by atoms with Crippen LogP contribution in [0.1, 0.15) is 41.6 Å². The van der Waals surface area contributed by atoms with E-state index in [1.54, 1.807) is 0 Å². The summed E-state index contributed by atoms with van der Waals surface area (Å²) >= 11 is 0. The van der Waals surface area contributed by atoms with Gasteiger partial charge in [-0.1, -0.05) is 0 Å². The van der Waals surface area contributed by atoms with Crippen LogP contribution in [0.2, 0.25) is 0 Å². The molecular weight excluding hydrogens is 283 g/mol. The molecule has 6 heteroatoms. The Bertz CT molecular complexity index is 575. The molecule has 0 saturated heterocycles. The number of carboxylic acids is 1. The molecule has 0 amide bonds. The highest BCUT2D eigenvalue weighted by Crippen LogP contribution is 2.61. The summed E-state index contributed by atoms with van der Waals surface area (Å²) < 4.78 is 38.3. The number of halogens is 3. The minimum absolute atomic E-state index is 0.298. The predicted octanol–water partition coefficient (Wildman–Crippen LogP) is 4.01. The molecule has 21 heavy (non-hydrogen) atoms. The van der Waals surface area contributed by atoms with E-state index in [-0.39, 0.29) is 0 Å². The van der Waals surface area contributed by atoms with Crippen LogP contribution >= 0.6 is 0 Å². The zero-order chi connectivity index (χ0) is 15.3. The average molecular weight is 299 g/mol. The number of anilines is 1. The normalized spacial score (nSPS) is 20.1. The first-order valence-corrected chi connectivity index (χ1v) is 7.00. The van der Waals surface area contributed by atoms with Crippen molar-refractivity contribution in [3.05, 3.63) is 29.3 Å². The Morgan fingerprint density at radius 3 is 2.48 bits per heavy atom. The third kappa shape index (κ3) is 2.84. The predicted molar refractivity (Wildman–Crippen MR) is 71.3 cm³/mol. The van der Waals surface area contributed by atoms with Crippen molar-refractivity contribution in [1.29, 1.82) is 0 Å². The fourth-order valence-electron chi connectivity index (χ4n) is 2.94. The van der Waals surface area contributed by atoms with Crippen molar-refractivity contribution in [3.63, 3.8) is 0 Å². The Balaban J connectivity index is 1.77. The molecule has 3 nitrogen and oxygen atoms in total. The van der Waals surface area contributed by atoms with Crippen molar-refractivity contribution < 1.29 is 23.1 Å². The summed E-state index contributed by atoms with van der Waals surface area (Å²) in [6.45, 7) is 0.710. The maximum atomic E-state index is 12.8. The Labute approximate surface area is 120 Å². The minimum Gasteiger partial charge on any atom is -0.478 e. The van der Waals surface area contributed by atoms with Crippen molar-refractivity contribution in [3.8, 4) is 0 Å². The van der Waals surface area contributed by atoms with E-state index in [4.69, 9.17) is 5.11 Å². The molecule has 2 N–H and O–H groups in total. The second-order valence-electron chi connectivity index (χ2n) is 6.05. The molecule has 114 valence electrons. The third-order valence-corrected chi connectivity index (χ3v) is 4.54. The quantitative estimate of drug-likeness (QED) is 0.863. The van der Waals surface area contributed by atoms with Gasteiger partial charge in [0.05, 0.1) is 11.1 Å². The Hall–Kier alpha value is -1.72. The molecule has 0 atom stereocenters. The number of carboxylic acid groups (broad SMARTS) is 1. The van der Waals surface area contributed by atoms with Crippen LogP contribution in [0.5, 0.6) is 0 Å². The van der Waals surface area contributed by atoms with Gasteiger partial charge in [0.15, 0.2) is 0 Å². The van der Waals surface area contributed by atoms with Crippen LogP contribution in [-0.4, -0.2) is 17.6 Å². The summed E-state index contributed by atoms with van der Waals surface area (Å²) in [6, 6.07) is 3.22. The van der Waals surface area contributed by atoms with Gasteiger partial charge in [0, 0.05) is 12.2 Å². The standard InChI is InChI=1S/C15H16F3NO2/c16-15(17,18)12-4-3-10(7-11(12)13(20)21)19-8-14(5-6-14)9-1-2-9/h3-4,7,9,19H,1-2,5-6,8H2,(H,20,21). The zero-order valence-electron chi connectivity index (χ0n) is 11.3.